The number of anilines is 2. The minimum Gasteiger partial charge on any atom is -0.397 e. The second kappa shape index (κ2) is 4.61. The van der Waals surface area contributed by atoms with Gasteiger partial charge in [0.15, 0.2) is 0 Å². The molecule has 1 saturated heterocycles. The molecule has 1 aromatic rings. The van der Waals surface area contributed by atoms with Gasteiger partial charge in [-0.05, 0) is 24.6 Å². The van der Waals surface area contributed by atoms with E-state index in [0.29, 0.717) is 17.9 Å². The molecule has 0 aromatic heterocycles. The molecule has 1 amide bonds. The normalized spacial score (nSPS) is 17.2. The first-order chi connectivity index (χ1) is 8.08. The van der Waals surface area contributed by atoms with Crippen molar-refractivity contribution in [2.24, 2.45) is 0 Å². The summed E-state index contributed by atoms with van der Waals surface area (Å²) in [6.07, 6.45) is 0.859. The summed E-state index contributed by atoms with van der Waals surface area (Å²) in [5.41, 5.74) is 6.93. The lowest BCUT2D eigenvalue weighted by Gasteiger charge is -2.23. The number of nitrogens with zero attached hydrogens (tertiary/aromatic N) is 2. The number of carbonyl (C=O) groups is 1. The molecule has 0 atom stereocenters. The van der Waals surface area contributed by atoms with Crippen LogP contribution in [0.5, 0.6) is 0 Å². The highest BCUT2D eigenvalue weighted by atomic mass is 19.1. The lowest BCUT2D eigenvalue weighted by molar-refractivity contribution is -0.127. The minimum absolute atomic E-state index is 0.0335. The van der Waals surface area contributed by atoms with Crippen LogP contribution in [0.2, 0.25) is 0 Å². The molecular formula is C12H16FN3O. The average Bonchev–Trinajstić information content (AvgIpc) is 2.45. The highest BCUT2D eigenvalue weighted by Crippen LogP contribution is 2.25. The van der Waals surface area contributed by atoms with Crippen LogP contribution in [0, 0.1) is 5.82 Å². The zero-order valence-electron chi connectivity index (χ0n) is 9.82. The maximum Gasteiger partial charge on any atom is 0.241 e. The van der Waals surface area contributed by atoms with E-state index in [-0.39, 0.29) is 18.3 Å². The van der Waals surface area contributed by atoms with Gasteiger partial charge in [-0.15, -0.1) is 0 Å². The summed E-state index contributed by atoms with van der Waals surface area (Å²) >= 11 is 0. The molecule has 4 nitrogen and oxygen atoms in total. The van der Waals surface area contributed by atoms with Gasteiger partial charge in [-0.2, -0.15) is 0 Å². The predicted octanol–water partition coefficient (Wildman–Crippen LogP) is 1.08. The quantitative estimate of drug-likeness (QED) is 0.743. The Labute approximate surface area is 99.8 Å². The topological polar surface area (TPSA) is 49.6 Å². The molecule has 1 aromatic carbocycles. The lowest BCUT2D eigenvalue weighted by atomic mass is 10.2. The Morgan fingerprint density at radius 1 is 1.35 bits per heavy atom. The molecule has 0 aliphatic carbocycles. The standard InChI is InChI=1S/C12H16FN3O/c1-15-5-2-6-16(8-12(15)17)11-7-9(13)3-4-10(11)14/h3-4,7H,2,5-6,8,14H2,1H3. The number of benzene rings is 1. The van der Waals surface area contributed by atoms with Crippen molar-refractivity contribution >= 4 is 17.3 Å². The third-order valence-electron chi connectivity index (χ3n) is 3.01. The van der Waals surface area contributed by atoms with Crippen LogP contribution in [-0.4, -0.2) is 37.5 Å². The third kappa shape index (κ3) is 2.49. The molecule has 5 heteroatoms. The number of hydrogen-bond donors (Lipinski definition) is 1. The molecule has 92 valence electrons. The van der Waals surface area contributed by atoms with Gasteiger partial charge in [0.25, 0.3) is 0 Å². The average molecular weight is 237 g/mol. The predicted molar refractivity (Wildman–Crippen MR) is 65.3 cm³/mol. The van der Waals surface area contributed by atoms with Crippen LogP contribution in [0.15, 0.2) is 18.2 Å². The molecule has 0 radical (unpaired) electrons. The zero-order chi connectivity index (χ0) is 12.4. The molecule has 0 unspecified atom stereocenters. The second-order valence-electron chi connectivity index (χ2n) is 4.29. The summed E-state index contributed by atoms with van der Waals surface area (Å²) in [6, 6.07) is 4.24. The van der Waals surface area contributed by atoms with Crippen molar-refractivity contribution in [2.45, 2.75) is 6.42 Å². The Kier molecular flexibility index (Phi) is 3.17. The number of rotatable bonds is 1. The van der Waals surface area contributed by atoms with Gasteiger partial charge in [0, 0.05) is 20.1 Å². The fourth-order valence-electron chi connectivity index (χ4n) is 1.98. The van der Waals surface area contributed by atoms with Gasteiger partial charge in [-0.1, -0.05) is 0 Å². The largest absolute Gasteiger partial charge is 0.397 e. The van der Waals surface area contributed by atoms with Gasteiger partial charge in [0.05, 0.1) is 17.9 Å². The summed E-state index contributed by atoms with van der Waals surface area (Å²) < 4.78 is 13.2. The van der Waals surface area contributed by atoms with Crippen LogP contribution < -0.4 is 10.6 Å². The minimum atomic E-state index is -0.334. The van der Waals surface area contributed by atoms with Crippen molar-refractivity contribution in [1.29, 1.82) is 0 Å². The Bertz CT molecular complexity index is 436. The van der Waals surface area contributed by atoms with E-state index in [1.165, 1.54) is 18.2 Å². The Hall–Kier alpha value is -1.78. The first-order valence-electron chi connectivity index (χ1n) is 5.62. The van der Waals surface area contributed by atoms with Crippen molar-refractivity contribution in [3.63, 3.8) is 0 Å². The van der Waals surface area contributed by atoms with E-state index in [2.05, 4.69) is 0 Å². The number of likely N-dealkylation sites (N-methyl/N-ethyl adjacent to an activating group) is 1. The third-order valence-corrected chi connectivity index (χ3v) is 3.01. The van der Waals surface area contributed by atoms with Crippen molar-refractivity contribution in [1.82, 2.24) is 4.90 Å². The fourth-order valence-corrected chi connectivity index (χ4v) is 1.98. The van der Waals surface area contributed by atoms with Crippen LogP contribution in [0.4, 0.5) is 15.8 Å². The number of nitrogens with two attached hydrogens (primary N) is 1. The van der Waals surface area contributed by atoms with Gasteiger partial charge in [0.2, 0.25) is 5.91 Å². The molecule has 0 saturated carbocycles. The smallest absolute Gasteiger partial charge is 0.241 e. The lowest BCUT2D eigenvalue weighted by Crippen LogP contribution is -2.34. The summed E-state index contributed by atoms with van der Waals surface area (Å²) in [5.74, 6) is -0.301. The summed E-state index contributed by atoms with van der Waals surface area (Å²) in [7, 11) is 1.78. The zero-order valence-corrected chi connectivity index (χ0v) is 9.82. The first kappa shape index (κ1) is 11.7. The molecule has 2 rings (SSSR count). The van der Waals surface area contributed by atoms with E-state index < -0.39 is 0 Å². The number of halogens is 1. The van der Waals surface area contributed by atoms with Gasteiger partial charge in [0.1, 0.15) is 5.82 Å². The van der Waals surface area contributed by atoms with Crippen molar-refractivity contribution in [3.8, 4) is 0 Å². The van der Waals surface area contributed by atoms with E-state index >= 15 is 0 Å². The molecule has 17 heavy (non-hydrogen) atoms. The van der Waals surface area contributed by atoms with Gasteiger partial charge < -0.3 is 15.5 Å². The van der Waals surface area contributed by atoms with Gasteiger partial charge >= 0.3 is 0 Å². The molecule has 1 aliphatic rings. The number of nitrogen functional groups attached to an aromatic ring is 1. The molecular weight excluding hydrogens is 221 g/mol. The maximum absolute atomic E-state index is 13.2. The van der Waals surface area contributed by atoms with E-state index in [0.717, 1.165) is 13.0 Å². The number of hydrogen-bond acceptors (Lipinski definition) is 3. The van der Waals surface area contributed by atoms with Crippen LogP contribution in [0.3, 0.4) is 0 Å². The summed E-state index contributed by atoms with van der Waals surface area (Å²) in [4.78, 5) is 15.3. The molecule has 1 heterocycles. The molecule has 2 N–H and O–H groups in total. The first-order valence-corrected chi connectivity index (χ1v) is 5.62. The van der Waals surface area contributed by atoms with E-state index in [1.807, 2.05) is 4.90 Å². The van der Waals surface area contributed by atoms with Gasteiger partial charge in [-0.3, -0.25) is 4.79 Å². The Morgan fingerprint density at radius 2 is 2.12 bits per heavy atom. The molecule has 1 aliphatic heterocycles. The van der Waals surface area contributed by atoms with Crippen molar-refractivity contribution in [2.75, 3.05) is 37.3 Å². The van der Waals surface area contributed by atoms with Crippen molar-refractivity contribution < 1.29 is 9.18 Å². The highest BCUT2D eigenvalue weighted by Gasteiger charge is 2.20. The van der Waals surface area contributed by atoms with Crippen LogP contribution >= 0.6 is 0 Å². The fraction of sp³-hybridized carbons (Fsp3) is 0.417. The van der Waals surface area contributed by atoms with Crippen molar-refractivity contribution in [3.05, 3.63) is 24.0 Å². The Morgan fingerprint density at radius 3 is 2.88 bits per heavy atom. The maximum atomic E-state index is 13.2. The molecule has 1 fully saturated rings. The second-order valence-corrected chi connectivity index (χ2v) is 4.29. The summed E-state index contributed by atoms with van der Waals surface area (Å²) in [6.45, 7) is 1.69. The van der Waals surface area contributed by atoms with Crippen LogP contribution in [-0.2, 0) is 4.79 Å². The molecule has 0 spiro atoms. The van der Waals surface area contributed by atoms with E-state index in [1.54, 1.807) is 11.9 Å². The monoisotopic (exact) mass is 237 g/mol. The number of amides is 1. The summed E-state index contributed by atoms with van der Waals surface area (Å²) in [5, 5.41) is 0. The van der Waals surface area contributed by atoms with Crippen LogP contribution in [0.1, 0.15) is 6.42 Å². The van der Waals surface area contributed by atoms with E-state index in [9.17, 15) is 9.18 Å². The molecule has 0 bridgehead atoms. The van der Waals surface area contributed by atoms with Gasteiger partial charge in [-0.25, -0.2) is 4.39 Å². The SMILES string of the molecule is CN1CCCN(c2cc(F)ccc2N)CC1=O. The highest BCUT2D eigenvalue weighted by molar-refractivity contribution is 5.83. The van der Waals surface area contributed by atoms with E-state index in [4.69, 9.17) is 5.73 Å². The number of carbonyl (C=O) groups excluding carboxylic acids is 1. The Balaban J connectivity index is 2.26. The van der Waals surface area contributed by atoms with Crippen LogP contribution in [0.25, 0.3) is 0 Å².